The van der Waals surface area contributed by atoms with Crippen molar-refractivity contribution in [1.82, 2.24) is 5.32 Å². The Morgan fingerprint density at radius 2 is 1.91 bits per heavy atom. The Hall–Kier alpha value is -1.99. The summed E-state index contributed by atoms with van der Waals surface area (Å²) in [6, 6.07) is -0.321. The molecular formula is C26H42N2O5. The number of carboxylic acids is 1. The van der Waals surface area contributed by atoms with Gasteiger partial charge in [-0.2, -0.15) is 0 Å². The maximum atomic E-state index is 11.4. The number of hydrogen-bond donors (Lipinski definition) is 4. The third-order valence-electron chi connectivity index (χ3n) is 7.36. The largest absolute Gasteiger partial charge is 0.481 e. The fourth-order valence-electron chi connectivity index (χ4n) is 5.51. The minimum atomic E-state index is -0.926. The molecular weight excluding hydrogens is 420 g/mol. The number of aliphatic hydroxyl groups excluding tert-OH is 1. The number of hydrogen-bond acceptors (Lipinski definition) is 6. The first-order valence-corrected chi connectivity index (χ1v) is 12.6. The number of carbonyl (C=O) groups excluding carboxylic acids is 2. The maximum Gasteiger partial charge on any atom is 0.303 e. The van der Waals surface area contributed by atoms with Crippen LogP contribution in [0.4, 0.5) is 0 Å². The third-order valence-corrected chi connectivity index (χ3v) is 7.36. The molecule has 33 heavy (non-hydrogen) atoms. The Balaban J connectivity index is 2.16. The van der Waals surface area contributed by atoms with Crippen molar-refractivity contribution in [2.24, 2.45) is 17.1 Å². The molecule has 0 heterocycles. The van der Waals surface area contributed by atoms with Gasteiger partial charge in [0.15, 0.2) is 0 Å². The van der Waals surface area contributed by atoms with Gasteiger partial charge in [-0.25, -0.2) is 0 Å². The zero-order valence-corrected chi connectivity index (χ0v) is 19.9. The van der Waals surface area contributed by atoms with Gasteiger partial charge in [-0.3, -0.25) is 4.79 Å². The van der Waals surface area contributed by atoms with Crippen LogP contribution in [0, 0.1) is 11.3 Å². The van der Waals surface area contributed by atoms with Crippen LogP contribution in [-0.4, -0.2) is 47.9 Å². The van der Waals surface area contributed by atoms with E-state index in [1.807, 2.05) is 6.08 Å². The molecule has 186 valence electrons. The van der Waals surface area contributed by atoms with Crippen molar-refractivity contribution in [2.75, 3.05) is 13.2 Å². The number of carboxylic acid groups (broad SMARTS) is 1. The summed E-state index contributed by atoms with van der Waals surface area (Å²) in [5, 5.41) is 23.4. The Morgan fingerprint density at radius 3 is 2.55 bits per heavy atom. The molecule has 0 radical (unpaired) electrons. The van der Waals surface area contributed by atoms with Crippen molar-refractivity contribution in [1.29, 1.82) is 0 Å². The highest BCUT2D eigenvalue weighted by Gasteiger charge is 2.42. The summed E-state index contributed by atoms with van der Waals surface area (Å²) in [7, 11) is 0. The quantitative estimate of drug-likeness (QED) is 0.203. The number of nitrogens with one attached hydrogen (secondary N) is 1. The lowest BCUT2D eigenvalue weighted by Gasteiger charge is -2.43. The summed E-state index contributed by atoms with van der Waals surface area (Å²) in [6.45, 7) is 0.500. The second-order valence-corrected chi connectivity index (χ2v) is 9.71. The van der Waals surface area contributed by atoms with Crippen LogP contribution in [0.3, 0.4) is 0 Å². The molecule has 2 aliphatic rings. The molecule has 0 aromatic carbocycles. The molecule has 2 unspecified atom stereocenters. The topological polar surface area (TPSA) is 130 Å². The fraction of sp³-hybridized carbons (Fsp3) is 0.731. The first kappa shape index (κ1) is 27.3. The van der Waals surface area contributed by atoms with Crippen molar-refractivity contribution in [3.05, 3.63) is 22.9 Å². The number of aldehydes is 2. The Bertz CT molecular complexity index is 711. The maximum absolute atomic E-state index is 11.4. The minimum absolute atomic E-state index is 0.0905. The molecule has 0 aliphatic heterocycles. The number of nitrogens with two attached hydrogens (primary N) is 1. The van der Waals surface area contributed by atoms with E-state index in [9.17, 15) is 24.6 Å². The normalized spacial score (nSPS) is 23.9. The van der Waals surface area contributed by atoms with E-state index in [1.54, 1.807) is 0 Å². The average molecular weight is 463 g/mol. The van der Waals surface area contributed by atoms with Crippen LogP contribution in [0.5, 0.6) is 0 Å². The Labute approximate surface area is 197 Å². The number of unbranched alkanes of at least 4 members (excludes halogenated alkanes) is 2. The smallest absolute Gasteiger partial charge is 0.303 e. The van der Waals surface area contributed by atoms with Crippen molar-refractivity contribution in [2.45, 2.75) is 95.9 Å². The molecule has 2 aliphatic carbocycles. The molecule has 5 N–H and O–H groups in total. The van der Waals surface area contributed by atoms with Crippen LogP contribution in [0.25, 0.3) is 0 Å². The van der Waals surface area contributed by atoms with E-state index >= 15 is 0 Å². The van der Waals surface area contributed by atoms with Crippen LogP contribution >= 0.6 is 0 Å². The zero-order valence-electron chi connectivity index (χ0n) is 19.9. The molecule has 0 bridgehead atoms. The standard InChI is InChI=1S/C26H42N2O5/c27-24-21(13-17-30)18-26(19-31,14-12-23(32)33)25(22(24)11-5-7-16-29)28-15-6-4-10-20-8-2-1-3-9-20/h16-18,20,25,28,31H,1-15,19,27H2,(H,32,33). The summed E-state index contributed by atoms with van der Waals surface area (Å²) in [4.78, 5) is 33.5. The average Bonchev–Trinajstić information content (AvgIpc) is 2.82. The zero-order chi connectivity index (χ0) is 24.1. The number of aliphatic carboxylic acids is 1. The molecule has 0 saturated heterocycles. The van der Waals surface area contributed by atoms with Crippen molar-refractivity contribution < 1.29 is 24.6 Å². The number of allylic oxidation sites excluding steroid dienone is 1. The van der Waals surface area contributed by atoms with Crippen molar-refractivity contribution >= 4 is 18.5 Å². The summed E-state index contributed by atoms with van der Waals surface area (Å²) >= 11 is 0. The van der Waals surface area contributed by atoms with E-state index in [2.05, 4.69) is 5.32 Å². The molecule has 0 amide bonds. The van der Waals surface area contributed by atoms with Gasteiger partial charge >= 0.3 is 5.97 Å². The molecule has 0 aromatic heterocycles. The summed E-state index contributed by atoms with van der Waals surface area (Å²) in [6.07, 6.45) is 15.4. The van der Waals surface area contributed by atoms with Crippen molar-refractivity contribution in [3.8, 4) is 0 Å². The highest BCUT2D eigenvalue weighted by atomic mass is 16.4. The molecule has 7 heteroatoms. The predicted molar refractivity (Wildman–Crippen MR) is 128 cm³/mol. The van der Waals surface area contributed by atoms with Gasteiger partial charge in [0.1, 0.15) is 12.6 Å². The first-order valence-electron chi connectivity index (χ1n) is 12.6. The highest BCUT2D eigenvalue weighted by molar-refractivity contribution is 5.67. The molecule has 7 nitrogen and oxygen atoms in total. The van der Waals surface area contributed by atoms with Gasteiger partial charge < -0.3 is 30.9 Å². The van der Waals surface area contributed by atoms with Gasteiger partial charge in [0.25, 0.3) is 0 Å². The van der Waals surface area contributed by atoms with Gasteiger partial charge in [-0.15, -0.1) is 0 Å². The van der Waals surface area contributed by atoms with E-state index in [0.717, 1.165) is 43.4 Å². The third kappa shape index (κ3) is 8.07. The van der Waals surface area contributed by atoms with Crippen LogP contribution in [0.15, 0.2) is 22.9 Å². The lowest BCUT2D eigenvalue weighted by atomic mass is 9.67. The summed E-state index contributed by atoms with van der Waals surface area (Å²) < 4.78 is 0. The van der Waals surface area contributed by atoms with E-state index in [1.165, 1.54) is 38.5 Å². The van der Waals surface area contributed by atoms with E-state index < -0.39 is 11.4 Å². The second-order valence-electron chi connectivity index (χ2n) is 9.71. The lowest BCUT2D eigenvalue weighted by molar-refractivity contribution is -0.137. The van der Waals surface area contributed by atoms with Gasteiger partial charge in [-0.05, 0) is 49.3 Å². The fourth-order valence-corrected chi connectivity index (χ4v) is 5.51. The van der Waals surface area contributed by atoms with Crippen LogP contribution in [-0.2, 0) is 14.4 Å². The monoisotopic (exact) mass is 462 g/mol. The molecule has 1 saturated carbocycles. The van der Waals surface area contributed by atoms with Gasteiger partial charge in [0, 0.05) is 36.4 Å². The van der Waals surface area contributed by atoms with Crippen molar-refractivity contribution in [3.63, 3.8) is 0 Å². The highest BCUT2D eigenvalue weighted by Crippen LogP contribution is 2.42. The van der Waals surface area contributed by atoms with Crippen LogP contribution < -0.4 is 11.1 Å². The van der Waals surface area contributed by atoms with E-state index in [0.29, 0.717) is 30.5 Å². The summed E-state index contributed by atoms with van der Waals surface area (Å²) in [5.41, 5.74) is 7.67. The van der Waals surface area contributed by atoms with E-state index in [4.69, 9.17) is 5.73 Å². The van der Waals surface area contributed by atoms with Crippen LogP contribution in [0.1, 0.15) is 89.9 Å². The minimum Gasteiger partial charge on any atom is -0.481 e. The lowest BCUT2D eigenvalue weighted by Crippen LogP contribution is -2.51. The molecule has 0 spiro atoms. The molecule has 2 atom stereocenters. The predicted octanol–water partition coefficient (Wildman–Crippen LogP) is 3.65. The van der Waals surface area contributed by atoms with Gasteiger partial charge in [0.2, 0.25) is 0 Å². The Kier molecular flexibility index (Phi) is 11.8. The van der Waals surface area contributed by atoms with Gasteiger partial charge in [-0.1, -0.05) is 51.0 Å². The SMILES string of the molecule is NC1=C(CCCC=O)C(NCCCCC2CCCCC2)C(CO)(CCC(=O)O)C=C1CC=O. The molecule has 2 rings (SSSR count). The summed E-state index contributed by atoms with van der Waals surface area (Å²) in [5.74, 6) is -0.0896. The molecule has 0 aromatic rings. The number of carbonyl (C=O) groups is 3. The van der Waals surface area contributed by atoms with Gasteiger partial charge in [0.05, 0.1) is 6.61 Å². The molecule has 1 fully saturated rings. The van der Waals surface area contributed by atoms with Crippen LogP contribution in [0.2, 0.25) is 0 Å². The van der Waals surface area contributed by atoms with E-state index in [-0.39, 0.29) is 31.9 Å². The first-order chi connectivity index (χ1) is 16.0. The Morgan fingerprint density at radius 1 is 1.15 bits per heavy atom. The number of rotatable bonds is 16. The second kappa shape index (κ2) is 14.3. The number of aliphatic hydroxyl groups is 1.